The van der Waals surface area contributed by atoms with Gasteiger partial charge < -0.3 is 10.0 Å². The van der Waals surface area contributed by atoms with Crippen molar-refractivity contribution >= 4 is 17.7 Å². The largest absolute Gasteiger partial charge is 0.395 e. The minimum Gasteiger partial charge on any atom is -0.395 e. The van der Waals surface area contributed by atoms with E-state index in [0.29, 0.717) is 6.54 Å². The number of hydrogen-bond acceptors (Lipinski definition) is 4. The van der Waals surface area contributed by atoms with Gasteiger partial charge in [-0.1, -0.05) is 0 Å². The fourth-order valence-corrected chi connectivity index (χ4v) is 2.01. The van der Waals surface area contributed by atoms with Crippen LogP contribution in [0.3, 0.4) is 0 Å². The molecule has 12 heavy (non-hydrogen) atoms. The van der Waals surface area contributed by atoms with Crippen molar-refractivity contribution in [3.8, 4) is 0 Å². The van der Waals surface area contributed by atoms with Crippen LogP contribution in [-0.4, -0.2) is 53.8 Å². The molecule has 0 aromatic carbocycles. The van der Waals surface area contributed by atoms with Gasteiger partial charge in [0.15, 0.2) is 0 Å². The number of aliphatic hydroxyl groups is 1. The summed E-state index contributed by atoms with van der Waals surface area (Å²) < 4.78 is 0. The molecule has 0 aliphatic carbocycles. The molecule has 4 nitrogen and oxygen atoms in total. The standard InChI is InChI=1S/C7H14N2O2S/c1-9(2-3-10)7(11)6-4-12-5-8-6/h6,8,10H,2-5H2,1H3. The van der Waals surface area contributed by atoms with Gasteiger partial charge in [-0.05, 0) is 0 Å². The number of thioether (sulfide) groups is 1. The molecule has 1 amide bonds. The van der Waals surface area contributed by atoms with Crippen molar-refractivity contribution in [2.45, 2.75) is 6.04 Å². The van der Waals surface area contributed by atoms with Gasteiger partial charge in [-0.3, -0.25) is 10.1 Å². The number of hydrogen-bond donors (Lipinski definition) is 2. The Kier molecular flexibility index (Phi) is 3.84. The van der Waals surface area contributed by atoms with Crippen LogP contribution in [0.5, 0.6) is 0 Å². The van der Waals surface area contributed by atoms with Crippen molar-refractivity contribution in [1.82, 2.24) is 10.2 Å². The molecular weight excluding hydrogens is 176 g/mol. The summed E-state index contributed by atoms with van der Waals surface area (Å²) in [6, 6.07) is -0.0495. The number of amides is 1. The van der Waals surface area contributed by atoms with E-state index in [1.54, 1.807) is 23.7 Å². The van der Waals surface area contributed by atoms with Crippen molar-refractivity contribution in [2.24, 2.45) is 0 Å². The summed E-state index contributed by atoms with van der Waals surface area (Å²) in [4.78, 5) is 13.0. The van der Waals surface area contributed by atoms with Gasteiger partial charge in [-0.15, -0.1) is 11.8 Å². The van der Waals surface area contributed by atoms with Gasteiger partial charge in [-0.25, -0.2) is 0 Å². The van der Waals surface area contributed by atoms with E-state index in [1.165, 1.54) is 0 Å². The van der Waals surface area contributed by atoms with Crippen molar-refractivity contribution in [3.63, 3.8) is 0 Å². The zero-order valence-electron chi connectivity index (χ0n) is 7.12. The Bertz CT molecular complexity index is 159. The SMILES string of the molecule is CN(CCO)C(=O)C1CSCN1. The number of nitrogens with one attached hydrogen (secondary N) is 1. The Morgan fingerprint density at radius 1 is 1.83 bits per heavy atom. The zero-order valence-corrected chi connectivity index (χ0v) is 7.93. The lowest BCUT2D eigenvalue weighted by Crippen LogP contribution is -2.43. The van der Waals surface area contributed by atoms with E-state index in [0.717, 1.165) is 11.6 Å². The van der Waals surface area contributed by atoms with Crippen molar-refractivity contribution < 1.29 is 9.90 Å². The van der Waals surface area contributed by atoms with Crippen LogP contribution in [0, 0.1) is 0 Å². The first-order valence-electron chi connectivity index (χ1n) is 3.92. The number of aliphatic hydroxyl groups excluding tert-OH is 1. The zero-order chi connectivity index (χ0) is 8.97. The maximum Gasteiger partial charge on any atom is 0.240 e. The highest BCUT2D eigenvalue weighted by Gasteiger charge is 2.24. The molecule has 1 heterocycles. The van der Waals surface area contributed by atoms with Gasteiger partial charge in [0, 0.05) is 25.2 Å². The highest BCUT2D eigenvalue weighted by Crippen LogP contribution is 2.10. The molecule has 0 bridgehead atoms. The summed E-state index contributed by atoms with van der Waals surface area (Å²) in [6.45, 7) is 0.448. The second kappa shape index (κ2) is 4.69. The van der Waals surface area contributed by atoms with Crippen LogP contribution in [0.25, 0.3) is 0 Å². The van der Waals surface area contributed by atoms with Crippen LogP contribution < -0.4 is 5.32 Å². The van der Waals surface area contributed by atoms with E-state index >= 15 is 0 Å². The molecule has 0 radical (unpaired) electrons. The number of carbonyl (C=O) groups is 1. The summed E-state index contributed by atoms with van der Waals surface area (Å²) in [5.41, 5.74) is 0. The first-order chi connectivity index (χ1) is 5.75. The van der Waals surface area contributed by atoms with Gasteiger partial charge in [0.25, 0.3) is 0 Å². The molecule has 0 spiro atoms. The third-order valence-corrected chi connectivity index (χ3v) is 2.77. The summed E-state index contributed by atoms with van der Waals surface area (Å²) >= 11 is 1.72. The monoisotopic (exact) mass is 190 g/mol. The van der Waals surface area contributed by atoms with Crippen LogP contribution in [0.2, 0.25) is 0 Å². The second-order valence-corrected chi connectivity index (χ2v) is 3.79. The van der Waals surface area contributed by atoms with Crippen molar-refractivity contribution in [1.29, 1.82) is 0 Å². The molecule has 70 valence electrons. The molecule has 1 rings (SSSR count). The van der Waals surface area contributed by atoms with E-state index in [1.807, 2.05) is 0 Å². The number of rotatable bonds is 3. The highest BCUT2D eigenvalue weighted by molar-refractivity contribution is 7.99. The fourth-order valence-electron chi connectivity index (χ4n) is 1.08. The Hall–Kier alpha value is -0.260. The van der Waals surface area contributed by atoms with Crippen molar-refractivity contribution in [2.75, 3.05) is 31.8 Å². The van der Waals surface area contributed by atoms with Gasteiger partial charge in [0.1, 0.15) is 0 Å². The first-order valence-corrected chi connectivity index (χ1v) is 5.08. The van der Waals surface area contributed by atoms with E-state index < -0.39 is 0 Å². The minimum atomic E-state index is -0.0495. The predicted octanol–water partition coefficient (Wildman–Crippen LogP) is -0.900. The number of carbonyl (C=O) groups excluding carboxylic acids is 1. The number of nitrogens with zero attached hydrogens (tertiary/aromatic N) is 1. The quantitative estimate of drug-likeness (QED) is 0.605. The predicted molar refractivity (Wildman–Crippen MR) is 49.0 cm³/mol. The lowest BCUT2D eigenvalue weighted by atomic mass is 10.3. The van der Waals surface area contributed by atoms with E-state index in [4.69, 9.17) is 5.11 Å². The summed E-state index contributed by atoms with van der Waals surface area (Å²) in [5, 5.41) is 11.7. The summed E-state index contributed by atoms with van der Waals surface area (Å²) in [7, 11) is 1.71. The van der Waals surface area contributed by atoms with Crippen LogP contribution in [0.1, 0.15) is 0 Å². The topological polar surface area (TPSA) is 52.6 Å². The second-order valence-electron chi connectivity index (χ2n) is 2.76. The smallest absolute Gasteiger partial charge is 0.240 e. The van der Waals surface area contributed by atoms with E-state index in [9.17, 15) is 4.79 Å². The lowest BCUT2D eigenvalue weighted by Gasteiger charge is -2.19. The Labute approximate surface area is 76.3 Å². The minimum absolute atomic E-state index is 0.0299. The summed E-state index contributed by atoms with van der Waals surface area (Å²) in [6.07, 6.45) is 0. The molecule has 5 heteroatoms. The van der Waals surface area contributed by atoms with Crippen LogP contribution in [0.4, 0.5) is 0 Å². The van der Waals surface area contributed by atoms with E-state index in [-0.39, 0.29) is 18.6 Å². The molecule has 0 aromatic heterocycles. The fraction of sp³-hybridized carbons (Fsp3) is 0.857. The van der Waals surface area contributed by atoms with Crippen LogP contribution in [-0.2, 0) is 4.79 Å². The molecule has 1 saturated heterocycles. The molecule has 2 N–H and O–H groups in total. The van der Waals surface area contributed by atoms with Gasteiger partial charge in [0.05, 0.1) is 12.6 Å². The van der Waals surface area contributed by atoms with Crippen molar-refractivity contribution in [3.05, 3.63) is 0 Å². The molecule has 0 aromatic rings. The highest BCUT2D eigenvalue weighted by atomic mass is 32.2. The van der Waals surface area contributed by atoms with Gasteiger partial charge in [-0.2, -0.15) is 0 Å². The Balaban J connectivity index is 2.34. The average Bonchev–Trinajstić information content (AvgIpc) is 2.55. The van der Waals surface area contributed by atoms with E-state index in [2.05, 4.69) is 5.32 Å². The first kappa shape index (κ1) is 9.83. The molecule has 1 unspecified atom stereocenters. The molecule has 1 fully saturated rings. The summed E-state index contributed by atoms with van der Waals surface area (Å²) in [5.74, 6) is 1.77. The Morgan fingerprint density at radius 2 is 2.58 bits per heavy atom. The lowest BCUT2D eigenvalue weighted by molar-refractivity contribution is -0.131. The molecule has 1 aliphatic heterocycles. The molecule has 0 saturated carbocycles. The van der Waals surface area contributed by atoms with Crippen LogP contribution in [0.15, 0.2) is 0 Å². The molecule has 1 atom stereocenters. The van der Waals surface area contributed by atoms with Gasteiger partial charge in [0.2, 0.25) is 5.91 Å². The van der Waals surface area contributed by atoms with Crippen LogP contribution >= 0.6 is 11.8 Å². The third-order valence-electron chi connectivity index (χ3n) is 1.83. The third kappa shape index (κ3) is 2.36. The number of likely N-dealkylation sites (N-methyl/N-ethyl adjacent to an activating group) is 1. The normalized spacial score (nSPS) is 22.7. The van der Waals surface area contributed by atoms with Gasteiger partial charge >= 0.3 is 0 Å². The maximum atomic E-state index is 11.5. The maximum absolute atomic E-state index is 11.5. The molecule has 1 aliphatic rings. The average molecular weight is 190 g/mol. The Morgan fingerprint density at radius 3 is 3.08 bits per heavy atom. The molecular formula is C7H14N2O2S.